The van der Waals surface area contributed by atoms with Crippen LogP contribution in [0.4, 0.5) is 0 Å². The van der Waals surface area contributed by atoms with Gasteiger partial charge < -0.3 is 14.8 Å². The zero-order chi connectivity index (χ0) is 15.7. The van der Waals surface area contributed by atoms with Crippen molar-refractivity contribution in [2.24, 2.45) is 0 Å². The van der Waals surface area contributed by atoms with Crippen molar-refractivity contribution >= 4 is 15.9 Å². The number of hydrogen-bond donors (Lipinski definition) is 1. The molecule has 0 aromatic heterocycles. The standard InChI is InChI=1S/C17H28BrNO2/c1-5-7-17(21-4)15(19-10-6-2)12-13-11-14(18)8-9-16(13)20-3/h8-9,11,15,17,19H,5-7,10,12H2,1-4H3. The fraction of sp³-hybridized carbons (Fsp3) is 0.647. The molecule has 0 aliphatic rings. The zero-order valence-electron chi connectivity index (χ0n) is 13.6. The Morgan fingerprint density at radius 1 is 1.19 bits per heavy atom. The van der Waals surface area contributed by atoms with E-state index in [-0.39, 0.29) is 6.10 Å². The van der Waals surface area contributed by atoms with Crippen molar-refractivity contribution in [2.75, 3.05) is 20.8 Å². The number of benzene rings is 1. The highest BCUT2D eigenvalue weighted by Gasteiger charge is 2.21. The highest BCUT2D eigenvalue weighted by Crippen LogP contribution is 2.25. The first-order chi connectivity index (χ1) is 10.2. The lowest BCUT2D eigenvalue weighted by Crippen LogP contribution is -2.43. The summed E-state index contributed by atoms with van der Waals surface area (Å²) in [5.41, 5.74) is 1.21. The van der Waals surface area contributed by atoms with E-state index in [1.165, 1.54) is 5.56 Å². The molecule has 1 aromatic carbocycles. The van der Waals surface area contributed by atoms with Crippen LogP contribution in [0.15, 0.2) is 22.7 Å². The summed E-state index contributed by atoms with van der Waals surface area (Å²) in [5.74, 6) is 0.938. The Hall–Kier alpha value is -0.580. The van der Waals surface area contributed by atoms with Crippen LogP contribution in [0.5, 0.6) is 5.75 Å². The molecule has 120 valence electrons. The summed E-state index contributed by atoms with van der Waals surface area (Å²) in [4.78, 5) is 0. The molecular weight excluding hydrogens is 330 g/mol. The second-order valence-electron chi connectivity index (χ2n) is 5.28. The lowest BCUT2D eigenvalue weighted by molar-refractivity contribution is 0.0607. The molecule has 1 rings (SSSR count). The Kier molecular flexibility index (Phi) is 8.97. The average molecular weight is 358 g/mol. The lowest BCUT2D eigenvalue weighted by atomic mass is 9.97. The van der Waals surface area contributed by atoms with Crippen LogP contribution in [0.3, 0.4) is 0 Å². The molecule has 0 radical (unpaired) electrons. The Balaban J connectivity index is 2.91. The summed E-state index contributed by atoms with van der Waals surface area (Å²) in [6, 6.07) is 6.46. The molecule has 0 spiro atoms. The van der Waals surface area contributed by atoms with Gasteiger partial charge >= 0.3 is 0 Å². The molecular formula is C17H28BrNO2. The third kappa shape index (κ3) is 5.97. The highest BCUT2D eigenvalue weighted by molar-refractivity contribution is 9.10. The third-order valence-electron chi connectivity index (χ3n) is 3.66. The largest absolute Gasteiger partial charge is 0.496 e. The van der Waals surface area contributed by atoms with Crippen LogP contribution in [0.2, 0.25) is 0 Å². The first kappa shape index (κ1) is 18.5. The lowest BCUT2D eigenvalue weighted by Gasteiger charge is -2.27. The van der Waals surface area contributed by atoms with Gasteiger partial charge in [-0.2, -0.15) is 0 Å². The fourth-order valence-electron chi connectivity index (χ4n) is 2.58. The summed E-state index contributed by atoms with van der Waals surface area (Å²) < 4.78 is 12.3. The molecule has 2 atom stereocenters. The van der Waals surface area contributed by atoms with Gasteiger partial charge in [-0.3, -0.25) is 0 Å². The molecule has 1 N–H and O–H groups in total. The molecule has 3 nitrogen and oxygen atoms in total. The summed E-state index contributed by atoms with van der Waals surface area (Å²) >= 11 is 3.55. The fourth-order valence-corrected chi connectivity index (χ4v) is 2.98. The van der Waals surface area contributed by atoms with E-state index < -0.39 is 0 Å². The summed E-state index contributed by atoms with van der Waals surface area (Å²) in [5, 5.41) is 3.63. The second kappa shape index (κ2) is 10.2. The number of hydrogen-bond acceptors (Lipinski definition) is 3. The molecule has 0 aliphatic carbocycles. The van der Waals surface area contributed by atoms with Crippen LogP contribution in [-0.4, -0.2) is 32.9 Å². The van der Waals surface area contributed by atoms with Gasteiger partial charge in [-0.05, 0) is 49.6 Å². The van der Waals surface area contributed by atoms with Crippen molar-refractivity contribution in [1.29, 1.82) is 0 Å². The first-order valence-electron chi connectivity index (χ1n) is 7.74. The van der Waals surface area contributed by atoms with Crippen LogP contribution in [0.1, 0.15) is 38.7 Å². The minimum atomic E-state index is 0.227. The molecule has 0 bridgehead atoms. The Morgan fingerprint density at radius 3 is 2.52 bits per heavy atom. The Bertz CT molecular complexity index is 412. The monoisotopic (exact) mass is 357 g/mol. The molecule has 4 heteroatoms. The number of rotatable bonds is 10. The van der Waals surface area contributed by atoms with E-state index in [1.807, 2.05) is 12.1 Å². The van der Waals surface area contributed by atoms with Crippen LogP contribution < -0.4 is 10.1 Å². The summed E-state index contributed by atoms with van der Waals surface area (Å²) in [7, 11) is 3.53. The third-order valence-corrected chi connectivity index (χ3v) is 4.16. The minimum absolute atomic E-state index is 0.227. The van der Waals surface area contributed by atoms with Crippen molar-refractivity contribution in [3.63, 3.8) is 0 Å². The first-order valence-corrected chi connectivity index (χ1v) is 8.54. The van der Waals surface area contributed by atoms with Crippen LogP contribution in [0, 0.1) is 0 Å². The van der Waals surface area contributed by atoms with Crippen molar-refractivity contribution < 1.29 is 9.47 Å². The molecule has 21 heavy (non-hydrogen) atoms. The van der Waals surface area contributed by atoms with Gasteiger partial charge in [0, 0.05) is 17.6 Å². The van der Waals surface area contributed by atoms with Crippen LogP contribution in [0.25, 0.3) is 0 Å². The smallest absolute Gasteiger partial charge is 0.122 e. The molecule has 1 aromatic rings. The van der Waals surface area contributed by atoms with Gasteiger partial charge in [0.05, 0.1) is 13.2 Å². The van der Waals surface area contributed by atoms with Crippen molar-refractivity contribution in [3.05, 3.63) is 28.2 Å². The maximum atomic E-state index is 5.71. The number of halogens is 1. The van der Waals surface area contributed by atoms with E-state index in [9.17, 15) is 0 Å². The highest BCUT2D eigenvalue weighted by atomic mass is 79.9. The van der Waals surface area contributed by atoms with Crippen molar-refractivity contribution in [3.8, 4) is 5.75 Å². The molecule has 0 saturated heterocycles. The van der Waals surface area contributed by atoms with Gasteiger partial charge in [-0.15, -0.1) is 0 Å². The predicted octanol–water partition coefficient (Wildman–Crippen LogP) is 4.18. The van der Waals surface area contributed by atoms with Crippen LogP contribution in [-0.2, 0) is 11.2 Å². The zero-order valence-corrected chi connectivity index (χ0v) is 15.2. The maximum Gasteiger partial charge on any atom is 0.122 e. The van der Waals surface area contributed by atoms with Gasteiger partial charge in [0.2, 0.25) is 0 Å². The SMILES string of the molecule is CCCNC(Cc1cc(Br)ccc1OC)C(CCC)OC. The normalized spacial score (nSPS) is 14.0. The Morgan fingerprint density at radius 2 is 1.95 bits per heavy atom. The quantitative estimate of drug-likeness (QED) is 0.681. The molecule has 0 aliphatic heterocycles. The van der Waals surface area contributed by atoms with Crippen LogP contribution >= 0.6 is 15.9 Å². The minimum Gasteiger partial charge on any atom is -0.496 e. The van der Waals surface area contributed by atoms with E-state index in [0.717, 1.165) is 42.5 Å². The molecule has 0 saturated carbocycles. The number of methoxy groups -OCH3 is 2. The van der Waals surface area contributed by atoms with Gasteiger partial charge in [-0.1, -0.05) is 36.2 Å². The van der Waals surface area contributed by atoms with E-state index >= 15 is 0 Å². The van der Waals surface area contributed by atoms with E-state index in [4.69, 9.17) is 9.47 Å². The average Bonchev–Trinajstić information content (AvgIpc) is 2.49. The van der Waals surface area contributed by atoms with Gasteiger partial charge in [0.15, 0.2) is 0 Å². The van der Waals surface area contributed by atoms with E-state index in [0.29, 0.717) is 6.04 Å². The van der Waals surface area contributed by atoms with Crippen molar-refractivity contribution in [1.82, 2.24) is 5.32 Å². The Labute approximate surface area is 137 Å². The van der Waals surface area contributed by atoms with Gasteiger partial charge in [0.1, 0.15) is 5.75 Å². The molecule has 0 heterocycles. The second-order valence-corrected chi connectivity index (χ2v) is 6.20. The van der Waals surface area contributed by atoms with Gasteiger partial charge in [0.25, 0.3) is 0 Å². The molecule has 0 amide bonds. The van der Waals surface area contributed by atoms with Crippen molar-refractivity contribution in [2.45, 2.75) is 51.7 Å². The van der Waals surface area contributed by atoms with E-state index in [1.54, 1.807) is 14.2 Å². The summed E-state index contributed by atoms with van der Waals surface area (Å²) in [6.45, 7) is 5.39. The topological polar surface area (TPSA) is 30.5 Å². The molecule has 0 fully saturated rings. The molecule has 2 unspecified atom stereocenters. The maximum absolute atomic E-state index is 5.71. The van der Waals surface area contributed by atoms with Gasteiger partial charge in [-0.25, -0.2) is 0 Å². The predicted molar refractivity (Wildman–Crippen MR) is 92.2 cm³/mol. The summed E-state index contributed by atoms with van der Waals surface area (Å²) in [6.07, 6.45) is 4.44. The van der Waals surface area contributed by atoms with E-state index in [2.05, 4.69) is 41.2 Å². The number of ether oxygens (including phenoxy) is 2. The number of nitrogens with one attached hydrogen (secondary N) is 1.